The van der Waals surface area contributed by atoms with Gasteiger partial charge in [-0.25, -0.2) is 8.78 Å². The van der Waals surface area contributed by atoms with E-state index >= 15 is 8.78 Å². The van der Waals surface area contributed by atoms with Crippen molar-refractivity contribution in [1.82, 2.24) is 0 Å². The molecule has 0 bridgehead atoms. The van der Waals surface area contributed by atoms with Crippen LogP contribution >= 0.6 is 0 Å². The maximum Gasteiger partial charge on any atom is 0.129 e. The molecule has 34 heavy (non-hydrogen) atoms. The van der Waals surface area contributed by atoms with Crippen LogP contribution in [0.4, 0.5) is 8.78 Å². The second kappa shape index (κ2) is 12.0. The van der Waals surface area contributed by atoms with Crippen LogP contribution in [0.25, 0.3) is 0 Å². The minimum Gasteiger partial charge on any atom is -0.493 e. The molecule has 0 aromatic heterocycles. The smallest absolute Gasteiger partial charge is 0.129 e. The fourth-order valence-corrected chi connectivity index (χ4v) is 5.99. The molecule has 2 aromatic rings. The SMILES string of the molecule is CC=CCCOc1ccc2c(c1)CCC(c1c(F)cc(C3CCC(CCCC)CC3)cc1F)C2. The lowest BCUT2D eigenvalue weighted by Gasteiger charge is -2.30. The highest BCUT2D eigenvalue weighted by Crippen LogP contribution is 2.41. The van der Waals surface area contributed by atoms with Gasteiger partial charge in [-0.1, -0.05) is 44.4 Å². The first-order chi connectivity index (χ1) is 16.6. The van der Waals surface area contributed by atoms with Gasteiger partial charge in [0.1, 0.15) is 17.4 Å². The molecule has 2 aliphatic rings. The molecule has 3 heteroatoms. The maximum atomic E-state index is 15.3. The van der Waals surface area contributed by atoms with E-state index in [1.54, 1.807) is 12.1 Å². The molecule has 4 rings (SSSR count). The van der Waals surface area contributed by atoms with Gasteiger partial charge in [0.25, 0.3) is 0 Å². The van der Waals surface area contributed by atoms with Gasteiger partial charge in [-0.3, -0.25) is 0 Å². The molecular formula is C31H40F2O. The molecule has 0 radical (unpaired) electrons. The van der Waals surface area contributed by atoms with Crippen molar-refractivity contribution in [2.45, 2.75) is 96.3 Å². The summed E-state index contributed by atoms with van der Waals surface area (Å²) in [6.07, 6.45) is 15.6. The summed E-state index contributed by atoms with van der Waals surface area (Å²) >= 11 is 0. The molecule has 0 heterocycles. The molecule has 1 nitrogen and oxygen atoms in total. The minimum atomic E-state index is -0.347. The van der Waals surface area contributed by atoms with Crippen LogP contribution in [0.1, 0.15) is 106 Å². The number of benzene rings is 2. The first-order valence-corrected chi connectivity index (χ1v) is 13.4. The molecule has 1 fully saturated rings. The number of halogens is 2. The number of ether oxygens (including phenoxy) is 1. The van der Waals surface area contributed by atoms with E-state index in [2.05, 4.69) is 25.1 Å². The lowest BCUT2D eigenvalue weighted by Crippen LogP contribution is -2.17. The predicted octanol–water partition coefficient (Wildman–Crippen LogP) is 9.05. The van der Waals surface area contributed by atoms with Gasteiger partial charge >= 0.3 is 0 Å². The minimum absolute atomic E-state index is 0.104. The van der Waals surface area contributed by atoms with E-state index in [4.69, 9.17) is 4.74 Å². The predicted molar refractivity (Wildman–Crippen MR) is 137 cm³/mol. The van der Waals surface area contributed by atoms with Gasteiger partial charge in [0.2, 0.25) is 0 Å². The average molecular weight is 467 g/mol. The van der Waals surface area contributed by atoms with Gasteiger partial charge in [0.05, 0.1) is 6.61 Å². The fraction of sp³-hybridized carbons (Fsp3) is 0.548. The Morgan fingerprint density at radius 1 is 0.941 bits per heavy atom. The van der Waals surface area contributed by atoms with Gasteiger partial charge in [-0.15, -0.1) is 0 Å². The molecule has 0 aliphatic heterocycles. The number of fused-ring (bicyclic) bond motifs is 1. The highest BCUT2D eigenvalue weighted by atomic mass is 19.1. The topological polar surface area (TPSA) is 9.23 Å². The van der Waals surface area contributed by atoms with E-state index in [1.165, 1.54) is 43.2 Å². The Morgan fingerprint density at radius 2 is 1.71 bits per heavy atom. The van der Waals surface area contributed by atoms with E-state index in [1.807, 2.05) is 19.1 Å². The number of aryl methyl sites for hydroxylation is 1. The number of hydrogen-bond acceptors (Lipinski definition) is 1. The summed E-state index contributed by atoms with van der Waals surface area (Å²) < 4.78 is 36.4. The molecule has 184 valence electrons. The van der Waals surface area contributed by atoms with Crippen LogP contribution in [-0.2, 0) is 12.8 Å². The third-order valence-electron chi connectivity index (χ3n) is 7.99. The quantitative estimate of drug-likeness (QED) is 0.264. The molecule has 1 atom stereocenters. The first kappa shape index (κ1) is 24.9. The van der Waals surface area contributed by atoms with Crippen molar-refractivity contribution in [2.24, 2.45) is 5.92 Å². The Morgan fingerprint density at radius 3 is 2.41 bits per heavy atom. The maximum absolute atomic E-state index is 15.3. The Hall–Kier alpha value is -2.16. The van der Waals surface area contributed by atoms with E-state index < -0.39 is 0 Å². The zero-order chi connectivity index (χ0) is 23.9. The van der Waals surface area contributed by atoms with E-state index in [9.17, 15) is 0 Å². The lowest BCUT2D eigenvalue weighted by molar-refractivity contribution is 0.303. The largest absolute Gasteiger partial charge is 0.493 e. The fourth-order valence-electron chi connectivity index (χ4n) is 5.99. The van der Waals surface area contributed by atoms with Crippen LogP contribution < -0.4 is 4.74 Å². The summed E-state index contributed by atoms with van der Waals surface area (Å²) in [5, 5.41) is 0. The lowest BCUT2D eigenvalue weighted by atomic mass is 9.76. The summed E-state index contributed by atoms with van der Waals surface area (Å²) in [6.45, 7) is 4.91. The number of allylic oxidation sites excluding steroid dienone is 1. The third kappa shape index (κ3) is 6.09. The van der Waals surface area contributed by atoms with Crippen molar-refractivity contribution in [1.29, 1.82) is 0 Å². The van der Waals surface area contributed by atoms with Crippen LogP contribution in [0.3, 0.4) is 0 Å². The molecule has 1 saturated carbocycles. The van der Waals surface area contributed by atoms with E-state index in [-0.39, 0.29) is 23.1 Å². The van der Waals surface area contributed by atoms with Crippen LogP contribution in [0, 0.1) is 17.6 Å². The van der Waals surface area contributed by atoms with Crippen LogP contribution in [0.2, 0.25) is 0 Å². The summed E-state index contributed by atoms with van der Waals surface area (Å²) in [7, 11) is 0. The molecule has 2 aliphatic carbocycles. The van der Waals surface area contributed by atoms with Crippen LogP contribution in [-0.4, -0.2) is 6.61 Å². The third-order valence-corrected chi connectivity index (χ3v) is 7.99. The second-order valence-corrected chi connectivity index (χ2v) is 10.3. The highest BCUT2D eigenvalue weighted by Gasteiger charge is 2.28. The average Bonchev–Trinajstić information content (AvgIpc) is 2.85. The van der Waals surface area contributed by atoms with Gasteiger partial charge in [0.15, 0.2) is 0 Å². The Balaban J connectivity index is 1.40. The summed E-state index contributed by atoms with van der Waals surface area (Å²) in [4.78, 5) is 0. The van der Waals surface area contributed by atoms with Gasteiger partial charge < -0.3 is 4.74 Å². The van der Waals surface area contributed by atoms with Crippen molar-refractivity contribution in [2.75, 3.05) is 6.61 Å². The Kier molecular flexibility index (Phi) is 8.80. The molecule has 0 spiro atoms. The number of unbranched alkanes of at least 4 members (excludes halogenated alkanes) is 1. The second-order valence-electron chi connectivity index (χ2n) is 10.3. The van der Waals surface area contributed by atoms with Crippen LogP contribution in [0.15, 0.2) is 42.5 Å². The molecular weight excluding hydrogens is 426 g/mol. The van der Waals surface area contributed by atoms with Crippen LogP contribution in [0.5, 0.6) is 5.75 Å². The molecule has 2 aromatic carbocycles. The van der Waals surface area contributed by atoms with Gasteiger partial charge in [-0.05, 0) is 117 Å². The standard InChI is InChI=1S/C31H40F2O/c1-3-5-7-17-34-28-16-15-24-18-26(14-13-25(24)19-28)31-29(32)20-27(21-30(31)33)23-11-9-22(10-12-23)8-6-4-2/h3,5,15-16,19-23,26H,4,6-14,17-18H2,1-2H3. The number of hydrogen-bond donors (Lipinski definition) is 0. The summed E-state index contributed by atoms with van der Waals surface area (Å²) in [6, 6.07) is 9.46. The van der Waals surface area contributed by atoms with Gasteiger partial charge in [-0.2, -0.15) is 0 Å². The summed E-state index contributed by atoms with van der Waals surface area (Å²) in [5.41, 5.74) is 3.59. The molecule has 0 saturated heterocycles. The summed E-state index contributed by atoms with van der Waals surface area (Å²) in [5.74, 6) is 1.18. The first-order valence-electron chi connectivity index (χ1n) is 13.4. The molecule has 0 amide bonds. The Bertz CT molecular complexity index is 948. The zero-order valence-corrected chi connectivity index (χ0v) is 20.9. The van der Waals surface area contributed by atoms with E-state index in [0.29, 0.717) is 18.9 Å². The molecule has 1 unspecified atom stereocenters. The number of rotatable bonds is 9. The van der Waals surface area contributed by atoms with Crippen molar-refractivity contribution in [3.63, 3.8) is 0 Å². The van der Waals surface area contributed by atoms with Crippen molar-refractivity contribution >= 4 is 0 Å². The Labute approximate surface area is 204 Å². The zero-order valence-electron chi connectivity index (χ0n) is 20.9. The van der Waals surface area contributed by atoms with Crippen molar-refractivity contribution in [3.8, 4) is 5.75 Å². The van der Waals surface area contributed by atoms with E-state index in [0.717, 1.165) is 49.3 Å². The normalized spacial score (nSPS) is 22.6. The van der Waals surface area contributed by atoms with Crippen molar-refractivity contribution < 1.29 is 13.5 Å². The monoisotopic (exact) mass is 466 g/mol. The highest BCUT2D eigenvalue weighted by molar-refractivity contribution is 5.41. The van der Waals surface area contributed by atoms with Gasteiger partial charge in [0, 0.05) is 5.56 Å². The van der Waals surface area contributed by atoms with Crippen molar-refractivity contribution in [3.05, 3.63) is 76.4 Å². The molecule has 0 N–H and O–H groups in total.